The minimum Gasteiger partial charge on any atom is -0.367 e. The number of anilines is 1. The van der Waals surface area contributed by atoms with E-state index in [4.69, 9.17) is 0 Å². The summed E-state index contributed by atoms with van der Waals surface area (Å²) in [4.78, 5) is 8.06. The first-order valence-corrected chi connectivity index (χ1v) is 12.1. The fraction of sp³-hybridized carbons (Fsp3) is 0.760. The molecule has 1 unspecified atom stereocenters. The Balaban J connectivity index is 1.47. The summed E-state index contributed by atoms with van der Waals surface area (Å²) in [5.41, 5.74) is 3.01. The number of nitrogens with zero attached hydrogens (tertiary/aromatic N) is 3. The molecule has 1 aromatic rings. The van der Waals surface area contributed by atoms with Crippen LogP contribution in [0.5, 0.6) is 0 Å². The fourth-order valence-corrected chi connectivity index (χ4v) is 5.95. The highest BCUT2D eigenvalue weighted by molar-refractivity contribution is 5.49. The molecule has 4 rings (SSSR count). The summed E-state index contributed by atoms with van der Waals surface area (Å²) in [6, 6.07) is 12.0. The average Bonchev–Trinajstić information content (AvgIpc) is 3.16. The molecule has 0 amide bonds. The van der Waals surface area contributed by atoms with Crippen LogP contribution < -0.4 is 4.90 Å². The van der Waals surface area contributed by atoms with Crippen LogP contribution in [0, 0.1) is 0 Å². The molecule has 0 aliphatic carbocycles. The zero-order valence-corrected chi connectivity index (χ0v) is 18.3. The van der Waals surface area contributed by atoms with Gasteiger partial charge in [-0.05, 0) is 82.8 Å². The van der Waals surface area contributed by atoms with Gasteiger partial charge in [0.1, 0.15) is 0 Å². The van der Waals surface area contributed by atoms with Crippen molar-refractivity contribution < 1.29 is 0 Å². The van der Waals surface area contributed by atoms with E-state index in [9.17, 15) is 0 Å². The summed E-state index contributed by atoms with van der Waals surface area (Å²) in [5, 5.41) is 0. The number of unbranched alkanes of at least 4 members (excludes halogenated alkanes) is 2. The number of likely N-dealkylation sites (N-methyl/N-ethyl adjacent to an activating group) is 1. The quantitative estimate of drug-likeness (QED) is 0.578. The van der Waals surface area contributed by atoms with E-state index in [-0.39, 0.29) is 0 Å². The smallest absolute Gasteiger partial charge is 0.0417 e. The Morgan fingerprint density at radius 2 is 1.79 bits per heavy atom. The molecule has 0 bridgehead atoms. The Morgan fingerprint density at radius 3 is 2.57 bits per heavy atom. The molecule has 3 aliphatic heterocycles. The minimum absolute atomic E-state index is 0.675. The van der Waals surface area contributed by atoms with E-state index in [1.54, 1.807) is 5.56 Å². The van der Waals surface area contributed by atoms with Gasteiger partial charge in [-0.25, -0.2) is 0 Å². The molecule has 3 saturated heterocycles. The van der Waals surface area contributed by atoms with Crippen LogP contribution in [0.15, 0.2) is 24.3 Å². The number of likely N-dealkylation sites (tertiary alicyclic amines) is 1. The first-order valence-electron chi connectivity index (χ1n) is 12.1. The lowest BCUT2D eigenvalue weighted by Crippen LogP contribution is -2.47. The molecular weight excluding hydrogens is 342 g/mol. The van der Waals surface area contributed by atoms with Gasteiger partial charge in [-0.15, -0.1) is 0 Å². The lowest BCUT2D eigenvalue weighted by Gasteiger charge is -2.40. The molecule has 3 fully saturated rings. The molecule has 0 saturated carbocycles. The number of rotatable bonds is 7. The lowest BCUT2D eigenvalue weighted by atomic mass is 10.0. The van der Waals surface area contributed by atoms with Gasteiger partial charge in [0, 0.05) is 36.9 Å². The molecule has 0 N–H and O–H groups in total. The topological polar surface area (TPSA) is 9.72 Å². The van der Waals surface area contributed by atoms with Gasteiger partial charge in [-0.1, -0.05) is 38.3 Å². The average molecular weight is 384 g/mol. The third-order valence-electron chi connectivity index (χ3n) is 7.50. The zero-order chi connectivity index (χ0) is 19.3. The maximum atomic E-state index is 2.81. The maximum Gasteiger partial charge on any atom is 0.0417 e. The molecule has 0 spiro atoms. The second-order valence-electron chi connectivity index (χ2n) is 9.53. The van der Waals surface area contributed by atoms with Gasteiger partial charge < -0.3 is 9.80 Å². The lowest BCUT2D eigenvalue weighted by molar-refractivity contribution is 0.150. The van der Waals surface area contributed by atoms with Crippen LogP contribution in [0.25, 0.3) is 0 Å². The Morgan fingerprint density at radius 1 is 0.929 bits per heavy atom. The van der Waals surface area contributed by atoms with Gasteiger partial charge in [-0.2, -0.15) is 0 Å². The van der Waals surface area contributed by atoms with Crippen LogP contribution in [0.3, 0.4) is 0 Å². The van der Waals surface area contributed by atoms with Gasteiger partial charge in [0.15, 0.2) is 0 Å². The van der Waals surface area contributed by atoms with Gasteiger partial charge in [-0.3, -0.25) is 4.90 Å². The zero-order valence-electron chi connectivity index (χ0n) is 18.3. The highest BCUT2D eigenvalue weighted by Crippen LogP contribution is 2.40. The van der Waals surface area contributed by atoms with Crippen LogP contribution in [0.2, 0.25) is 0 Å². The Hall–Kier alpha value is -1.06. The standard InChI is InChI=1S/C25H41N3/c1-3-4-6-18-27(24-10-8-17-26(2)20-24)23-13-11-21(12-14-23)25-16-15-22-9-5-7-19-28(22)25/h11-14,22,24-25H,3-10,15-20H2,1-2H3/t22-,24?,25-/m1/s1. The van der Waals surface area contributed by atoms with Crippen LogP contribution in [0.1, 0.15) is 82.7 Å². The summed E-state index contributed by atoms with van der Waals surface area (Å²) in [5.74, 6) is 0. The van der Waals surface area contributed by atoms with Crippen molar-refractivity contribution in [2.75, 3.05) is 38.1 Å². The molecule has 3 heteroatoms. The molecular formula is C25H41N3. The summed E-state index contributed by atoms with van der Waals surface area (Å²) >= 11 is 0. The second-order valence-corrected chi connectivity index (χ2v) is 9.53. The summed E-state index contributed by atoms with van der Waals surface area (Å²) in [7, 11) is 2.29. The minimum atomic E-state index is 0.675. The van der Waals surface area contributed by atoms with Crippen LogP contribution in [-0.2, 0) is 0 Å². The molecule has 1 aromatic carbocycles. The van der Waals surface area contributed by atoms with Crippen molar-refractivity contribution in [2.45, 2.75) is 89.3 Å². The maximum absolute atomic E-state index is 2.81. The molecule has 156 valence electrons. The fourth-order valence-electron chi connectivity index (χ4n) is 5.95. The van der Waals surface area contributed by atoms with Crippen molar-refractivity contribution in [1.29, 1.82) is 0 Å². The molecule has 3 aliphatic rings. The van der Waals surface area contributed by atoms with Gasteiger partial charge in [0.05, 0.1) is 0 Å². The van der Waals surface area contributed by atoms with Crippen molar-refractivity contribution in [3.8, 4) is 0 Å². The highest BCUT2D eigenvalue weighted by Gasteiger charge is 2.35. The van der Waals surface area contributed by atoms with Crippen molar-refractivity contribution in [3.63, 3.8) is 0 Å². The van der Waals surface area contributed by atoms with Crippen molar-refractivity contribution in [1.82, 2.24) is 9.80 Å². The third-order valence-corrected chi connectivity index (χ3v) is 7.50. The predicted molar refractivity (Wildman–Crippen MR) is 120 cm³/mol. The Labute approximate surface area is 173 Å². The molecule has 28 heavy (non-hydrogen) atoms. The molecule has 0 aromatic heterocycles. The molecule has 3 heterocycles. The van der Waals surface area contributed by atoms with E-state index >= 15 is 0 Å². The van der Waals surface area contributed by atoms with E-state index in [0.717, 1.165) is 6.04 Å². The third kappa shape index (κ3) is 4.57. The molecule has 3 atom stereocenters. The Kier molecular flexibility index (Phi) is 6.95. The van der Waals surface area contributed by atoms with Gasteiger partial charge in [0.25, 0.3) is 0 Å². The number of fused-ring (bicyclic) bond motifs is 1. The van der Waals surface area contributed by atoms with E-state index < -0.39 is 0 Å². The van der Waals surface area contributed by atoms with Crippen LogP contribution in [-0.4, -0.2) is 55.1 Å². The van der Waals surface area contributed by atoms with Gasteiger partial charge in [0.2, 0.25) is 0 Å². The number of hydrogen-bond donors (Lipinski definition) is 0. The van der Waals surface area contributed by atoms with Crippen LogP contribution in [0.4, 0.5) is 5.69 Å². The van der Waals surface area contributed by atoms with Crippen molar-refractivity contribution in [3.05, 3.63) is 29.8 Å². The summed E-state index contributed by atoms with van der Waals surface area (Å²) in [6.07, 6.45) is 13.7. The summed E-state index contributed by atoms with van der Waals surface area (Å²) < 4.78 is 0. The van der Waals surface area contributed by atoms with E-state index in [1.165, 1.54) is 96.1 Å². The predicted octanol–water partition coefficient (Wildman–Crippen LogP) is 5.47. The monoisotopic (exact) mass is 383 g/mol. The Bertz CT molecular complexity index is 598. The molecule has 3 nitrogen and oxygen atoms in total. The number of benzene rings is 1. The SMILES string of the molecule is CCCCCN(c1ccc([C@H]2CC[C@H]3CCCCN32)cc1)C1CCCN(C)C1. The first kappa shape index (κ1) is 20.2. The van der Waals surface area contributed by atoms with E-state index in [1.807, 2.05) is 0 Å². The highest BCUT2D eigenvalue weighted by atomic mass is 15.2. The van der Waals surface area contributed by atoms with E-state index in [2.05, 4.69) is 52.9 Å². The normalized spacial score (nSPS) is 29.0. The van der Waals surface area contributed by atoms with Gasteiger partial charge >= 0.3 is 0 Å². The largest absolute Gasteiger partial charge is 0.367 e. The van der Waals surface area contributed by atoms with Crippen molar-refractivity contribution in [2.24, 2.45) is 0 Å². The van der Waals surface area contributed by atoms with E-state index in [0.29, 0.717) is 12.1 Å². The van der Waals surface area contributed by atoms with Crippen molar-refractivity contribution >= 4 is 5.69 Å². The number of piperidine rings is 2. The number of hydrogen-bond acceptors (Lipinski definition) is 3. The molecule has 0 radical (unpaired) electrons. The first-order chi connectivity index (χ1) is 13.8. The summed E-state index contributed by atoms with van der Waals surface area (Å²) in [6.45, 7) is 7.31. The van der Waals surface area contributed by atoms with Crippen LogP contribution >= 0.6 is 0 Å². The second kappa shape index (κ2) is 9.63.